The molecule has 1 fully saturated rings. The molecule has 0 radical (unpaired) electrons. The van der Waals surface area contributed by atoms with Gasteiger partial charge in [0.25, 0.3) is 0 Å². The summed E-state index contributed by atoms with van der Waals surface area (Å²) in [5.41, 5.74) is 10.5. The Labute approximate surface area is 231 Å². The number of nitrogens with one attached hydrogen (secondary N) is 1. The molecule has 37 heavy (non-hydrogen) atoms. The van der Waals surface area contributed by atoms with Crippen LogP contribution in [0.5, 0.6) is 0 Å². The quantitative estimate of drug-likeness (QED) is 0.235. The highest BCUT2D eigenvalue weighted by atomic mass is 35.5. The van der Waals surface area contributed by atoms with Gasteiger partial charge in [-0.25, -0.2) is 4.98 Å². The third kappa shape index (κ3) is 7.37. The lowest BCUT2D eigenvalue weighted by Gasteiger charge is -2.36. The highest BCUT2D eigenvalue weighted by Crippen LogP contribution is 2.27. The summed E-state index contributed by atoms with van der Waals surface area (Å²) in [5.74, 6) is 0.759. The number of benzene rings is 2. The average molecular weight is 550 g/mol. The van der Waals surface area contributed by atoms with Crippen LogP contribution in [0.15, 0.2) is 42.5 Å². The van der Waals surface area contributed by atoms with Gasteiger partial charge in [-0.2, -0.15) is 0 Å². The number of carbonyl (C=O) groups excluding carboxylic acids is 1. The summed E-state index contributed by atoms with van der Waals surface area (Å²) in [5, 5.41) is 7.61. The van der Waals surface area contributed by atoms with Gasteiger partial charge in [-0.3, -0.25) is 10.2 Å². The zero-order valence-corrected chi connectivity index (χ0v) is 23.4. The van der Waals surface area contributed by atoms with Crippen LogP contribution in [0.3, 0.4) is 0 Å². The summed E-state index contributed by atoms with van der Waals surface area (Å²) >= 11 is 0. The lowest BCUT2D eigenvalue weighted by Crippen LogP contribution is -2.41. The summed E-state index contributed by atoms with van der Waals surface area (Å²) in [6.07, 6.45) is 3.23. The van der Waals surface area contributed by atoms with Gasteiger partial charge in [0.15, 0.2) is 0 Å². The molecule has 1 aromatic heterocycles. The summed E-state index contributed by atoms with van der Waals surface area (Å²) in [7, 11) is 4.31. The van der Waals surface area contributed by atoms with Crippen molar-refractivity contribution in [3.05, 3.63) is 59.4 Å². The van der Waals surface area contributed by atoms with E-state index >= 15 is 0 Å². The average Bonchev–Trinajstić information content (AvgIpc) is 3.19. The number of aromatic nitrogens is 2. The number of esters is 1. The predicted molar refractivity (Wildman–Crippen MR) is 155 cm³/mol. The minimum atomic E-state index is -0.202. The molecule has 3 N–H and O–H groups in total. The number of rotatable bonds is 9. The number of piperidine rings is 1. The highest BCUT2D eigenvalue weighted by molar-refractivity contribution is 5.94. The van der Waals surface area contributed by atoms with Crippen molar-refractivity contribution in [1.29, 1.82) is 5.41 Å². The van der Waals surface area contributed by atoms with Crippen LogP contribution in [0.25, 0.3) is 11.0 Å². The van der Waals surface area contributed by atoms with Crippen LogP contribution in [0.1, 0.15) is 43.1 Å². The van der Waals surface area contributed by atoms with Crippen molar-refractivity contribution in [3.8, 4) is 0 Å². The smallest absolute Gasteiger partial charge is 0.307 e. The molecule has 0 amide bonds. The van der Waals surface area contributed by atoms with Crippen molar-refractivity contribution in [2.75, 3.05) is 38.7 Å². The Bertz CT molecular complexity index is 1190. The number of hydrogen-bond donors (Lipinski definition) is 2. The maximum Gasteiger partial charge on any atom is 0.307 e. The summed E-state index contributed by atoms with van der Waals surface area (Å²) in [4.78, 5) is 21.8. The van der Waals surface area contributed by atoms with Crippen LogP contribution >= 0.6 is 24.8 Å². The van der Waals surface area contributed by atoms with E-state index in [0.29, 0.717) is 37.6 Å². The van der Waals surface area contributed by atoms with Gasteiger partial charge in [0, 0.05) is 43.3 Å². The van der Waals surface area contributed by atoms with Crippen LogP contribution in [0.2, 0.25) is 0 Å². The molecule has 10 heteroatoms. The van der Waals surface area contributed by atoms with Crippen molar-refractivity contribution < 1.29 is 9.53 Å². The molecule has 0 aliphatic carbocycles. The van der Waals surface area contributed by atoms with Gasteiger partial charge in [-0.1, -0.05) is 24.3 Å². The summed E-state index contributed by atoms with van der Waals surface area (Å²) in [6.45, 7) is 4.79. The number of aryl methyl sites for hydroxylation is 1. The molecule has 0 unspecified atom stereocenters. The molecule has 2 aromatic carbocycles. The number of imidazole rings is 1. The zero-order chi connectivity index (χ0) is 24.9. The van der Waals surface area contributed by atoms with Crippen molar-refractivity contribution in [2.24, 2.45) is 5.73 Å². The van der Waals surface area contributed by atoms with E-state index < -0.39 is 0 Å². The van der Waals surface area contributed by atoms with E-state index in [1.54, 1.807) is 0 Å². The molecule has 2 heterocycles. The van der Waals surface area contributed by atoms with Crippen LogP contribution in [-0.4, -0.2) is 66.1 Å². The Kier molecular flexibility index (Phi) is 11.2. The number of nitrogens with two attached hydrogens (primary N) is 1. The van der Waals surface area contributed by atoms with Crippen LogP contribution in [0, 0.1) is 5.41 Å². The number of amidine groups is 1. The lowest BCUT2D eigenvalue weighted by molar-refractivity contribution is -0.143. The van der Waals surface area contributed by atoms with Crippen molar-refractivity contribution in [2.45, 2.75) is 45.2 Å². The maximum atomic E-state index is 12.1. The second kappa shape index (κ2) is 13.7. The van der Waals surface area contributed by atoms with E-state index in [4.69, 9.17) is 20.9 Å². The number of anilines is 1. The van der Waals surface area contributed by atoms with E-state index in [0.717, 1.165) is 48.4 Å². The molecule has 1 aliphatic rings. The largest absolute Gasteiger partial charge is 0.466 e. The van der Waals surface area contributed by atoms with Crippen LogP contribution < -0.4 is 10.6 Å². The monoisotopic (exact) mass is 548 g/mol. The third-order valence-electron chi connectivity index (χ3n) is 6.84. The molecule has 4 rings (SSSR count). The molecule has 0 saturated carbocycles. The van der Waals surface area contributed by atoms with Gasteiger partial charge in [0.2, 0.25) is 0 Å². The number of nitrogen functional groups attached to an aromatic ring is 1. The first-order chi connectivity index (χ1) is 16.9. The number of halogens is 2. The van der Waals surface area contributed by atoms with Gasteiger partial charge in [-0.05, 0) is 57.6 Å². The molecular weight excluding hydrogens is 511 g/mol. The first-order valence-electron chi connectivity index (χ1n) is 12.3. The Balaban J connectivity index is 0.00000241. The summed E-state index contributed by atoms with van der Waals surface area (Å²) in [6, 6.07) is 14.8. The molecule has 1 saturated heterocycles. The standard InChI is InChI=1S/C27H36N6O2.2ClH/c1-4-35-26(34)13-16-33-24-10-9-22(32-14-11-21(12-15-32)31(2)3)18-23(24)30-25(33)17-19-5-7-20(8-6-19)27(28)29;;/h5-10,18,21H,4,11-17H2,1-3H3,(H3,28,29);2*1H. The third-order valence-corrected chi connectivity index (χ3v) is 6.84. The van der Waals surface area contributed by atoms with E-state index in [2.05, 4.69) is 46.7 Å². The van der Waals surface area contributed by atoms with Gasteiger partial charge in [0.05, 0.1) is 24.1 Å². The Morgan fingerprint density at radius 2 is 1.81 bits per heavy atom. The van der Waals surface area contributed by atoms with Gasteiger partial charge < -0.3 is 24.8 Å². The molecule has 3 aromatic rings. The molecule has 0 spiro atoms. The second-order valence-corrected chi connectivity index (χ2v) is 9.38. The molecule has 1 aliphatic heterocycles. The fourth-order valence-electron chi connectivity index (χ4n) is 4.81. The van der Waals surface area contributed by atoms with E-state index in [1.807, 2.05) is 31.2 Å². The number of fused-ring (bicyclic) bond motifs is 1. The predicted octanol–water partition coefficient (Wildman–Crippen LogP) is 4.24. The molecule has 8 nitrogen and oxygen atoms in total. The Morgan fingerprint density at radius 1 is 1.14 bits per heavy atom. The number of nitrogens with zero attached hydrogens (tertiary/aromatic N) is 4. The topological polar surface area (TPSA) is 100 Å². The number of hydrogen-bond acceptors (Lipinski definition) is 6. The summed E-state index contributed by atoms with van der Waals surface area (Å²) < 4.78 is 7.29. The van der Waals surface area contributed by atoms with E-state index in [9.17, 15) is 4.79 Å². The normalized spacial score (nSPS) is 13.8. The molecule has 0 atom stereocenters. The number of carbonyl (C=O) groups is 1. The van der Waals surface area contributed by atoms with Crippen molar-refractivity contribution in [1.82, 2.24) is 14.5 Å². The van der Waals surface area contributed by atoms with Crippen molar-refractivity contribution in [3.63, 3.8) is 0 Å². The van der Waals surface area contributed by atoms with Gasteiger partial charge in [-0.15, -0.1) is 24.8 Å². The fraction of sp³-hybridized carbons (Fsp3) is 0.444. The Hall–Kier alpha value is -2.81. The van der Waals surface area contributed by atoms with E-state index in [-0.39, 0.29) is 36.6 Å². The molecule has 0 bridgehead atoms. The van der Waals surface area contributed by atoms with Crippen LogP contribution in [0.4, 0.5) is 5.69 Å². The zero-order valence-electron chi connectivity index (χ0n) is 21.8. The SMILES string of the molecule is CCOC(=O)CCn1c(Cc2ccc(C(=N)N)cc2)nc2cc(N3CCC(N(C)C)CC3)ccc21.Cl.Cl. The minimum absolute atomic E-state index is 0. The van der Waals surface area contributed by atoms with Crippen LogP contribution in [-0.2, 0) is 22.5 Å². The fourth-order valence-corrected chi connectivity index (χ4v) is 4.81. The maximum absolute atomic E-state index is 12.1. The molecule has 202 valence electrons. The second-order valence-electron chi connectivity index (χ2n) is 9.38. The Morgan fingerprint density at radius 3 is 2.41 bits per heavy atom. The van der Waals surface area contributed by atoms with Gasteiger partial charge in [0.1, 0.15) is 11.7 Å². The van der Waals surface area contributed by atoms with E-state index in [1.165, 1.54) is 5.69 Å². The number of ether oxygens (including phenoxy) is 1. The molecular formula is C27H38Cl2N6O2. The van der Waals surface area contributed by atoms with Gasteiger partial charge >= 0.3 is 5.97 Å². The first-order valence-corrected chi connectivity index (χ1v) is 12.3. The van der Waals surface area contributed by atoms with Crippen molar-refractivity contribution >= 4 is 53.3 Å². The highest BCUT2D eigenvalue weighted by Gasteiger charge is 2.22. The lowest BCUT2D eigenvalue weighted by atomic mass is 10.0. The first kappa shape index (κ1) is 30.4. The minimum Gasteiger partial charge on any atom is -0.466 e.